The Labute approximate surface area is 82.4 Å². The SMILES string of the molecule is CC(C)N(C)c1ncc(C(=O)O)cn1. The molecule has 0 saturated carbocycles. The van der Waals surface area contributed by atoms with E-state index in [1.807, 2.05) is 25.8 Å². The van der Waals surface area contributed by atoms with Crippen LogP contribution in [-0.4, -0.2) is 34.1 Å². The maximum atomic E-state index is 10.5. The van der Waals surface area contributed by atoms with Crippen molar-refractivity contribution in [1.29, 1.82) is 0 Å². The summed E-state index contributed by atoms with van der Waals surface area (Å²) in [5.74, 6) is -0.478. The minimum absolute atomic E-state index is 0.103. The number of aromatic carboxylic acids is 1. The lowest BCUT2D eigenvalue weighted by Crippen LogP contribution is -2.27. The van der Waals surface area contributed by atoms with Gasteiger partial charge in [-0.05, 0) is 13.8 Å². The Kier molecular flexibility index (Phi) is 3.01. The van der Waals surface area contributed by atoms with Crippen LogP contribution in [0.4, 0.5) is 5.95 Å². The van der Waals surface area contributed by atoms with E-state index in [-0.39, 0.29) is 11.6 Å². The minimum atomic E-state index is -1.01. The van der Waals surface area contributed by atoms with Crippen molar-refractivity contribution >= 4 is 11.9 Å². The first-order valence-electron chi connectivity index (χ1n) is 4.30. The van der Waals surface area contributed by atoms with Crippen LogP contribution in [-0.2, 0) is 0 Å². The Morgan fingerprint density at radius 2 is 1.93 bits per heavy atom. The quantitative estimate of drug-likeness (QED) is 0.780. The van der Waals surface area contributed by atoms with E-state index in [0.29, 0.717) is 5.95 Å². The van der Waals surface area contributed by atoms with Crippen LogP contribution in [0.1, 0.15) is 24.2 Å². The molecule has 0 fully saturated rings. The van der Waals surface area contributed by atoms with Gasteiger partial charge in [0.2, 0.25) is 5.95 Å². The summed E-state index contributed by atoms with van der Waals surface area (Å²) < 4.78 is 0. The van der Waals surface area contributed by atoms with Gasteiger partial charge in [0.15, 0.2) is 0 Å². The second-order valence-electron chi connectivity index (χ2n) is 3.28. The highest BCUT2D eigenvalue weighted by Gasteiger charge is 2.09. The molecule has 0 bridgehead atoms. The fourth-order valence-corrected chi connectivity index (χ4v) is 0.845. The van der Waals surface area contributed by atoms with Gasteiger partial charge in [-0.1, -0.05) is 0 Å². The highest BCUT2D eigenvalue weighted by atomic mass is 16.4. The smallest absolute Gasteiger partial charge is 0.338 e. The molecule has 1 rings (SSSR count). The van der Waals surface area contributed by atoms with Crippen LogP contribution in [0.15, 0.2) is 12.4 Å². The van der Waals surface area contributed by atoms with Crippen LogP contribution in [0.3, 0.4) is 0 Å². The van der Waals surface area contributed by atoms with Crippen molar-refractivity contribution in [2.75, 3.05) is 11.9 Å². The van der Waals surface area contributed by atoms with Gasteiger partial charge in [0, 0.05) is 25.5 Å². The minimum Gasteiger partial charge on any atom is -0.478 e. The molecule has 0 saturated heterocycles. The lowest BCUT2D eigenvalue weighted by molar-refractivity contribution is 0.0696. The molecule has 0 aliphatic rings. The average Bonchev–Trinajstić information content (AvgIpc) is 2.16. The third-order valence-electron chi connectivity index (χ3n) is 1.98. The van der Waals surface area contributed by atoms with E-state index in [2.05, 4.69) is 9.97 Å². The zero-order valence-electron chi connectivity index (χ0n) is 8.43. The lowest BCUT2D eigenvalue weighted by atomic mass is 10.3. The molecule has 0 atom stereocenters. The van der Waals surface area contributed by atoms with Gasteiger partial charge in [0.1, 0.15) is 0 Å². The summed E-state index contributed by atoms with van der Waals surface area (Å²) in [6.45, 7) is 4.02. The van der Waals surface area contributed by atoms with Gasteiger partial charge in [0.25, 0.3) is 0 Å². The van der Waals surface area contributed by atoms with Gasteiger partial charge >= 0.3 is 5.97 Å². The molecule has 0 aliphatic heterocycles. The number of rotatable bonds is 3. The van der Waals surface area contributed by atoms with E-state index in [4.69, 9.17) is 5.11 Å². The second kappa shape index (κ2) is 4.04. The molecule has 0 amide bonds. The number of carboxylic acid groups (broad SMARTS) is 1. The molecular weight excluding hydrogens is 182 g/mol. The maximum Gasteiger partial charge on any atom is 0.338 e. The first kappa shape index (κ1) is 10.4. The van der Waals surface area contributed by atoms with Crippen LogP contribution in [0.2, 0.25) is 0 Å². The molecule has 0 spiro atoms. The summed E-state index contributed by atoms with van der Waals surface area (Å²) in [6.07, 6.45) is 2.62. The topological polar surface area (TPSA) is 66.3 Å². The van der Waals surface area contributed by atoms with Gasteiger partial charge in [0.05, 0.1) is 5.56 Å². The third-order valence-corrected chi connectivity index (χ3v) is 1.98. The average molecular weight is 195 g/mol. The van der Waals surface area contributed by atoms with Crippen LogP contribution < -0.4 is 4.90 Å². The standard InChI is InChI=1S/C9H13N3O2/c1-6(2)12(3)9-10-4-7(5-11-9)8(13)14/h4-6H,1-3H3,(H,13,14). The van der Waals surface area contributed by atoms with Gasteiger partial charge in [-0.25, -0.2) is 14.8 Å². The first-order chi connectivity index (χ1) is 6.52. The molecule has 14 heavy (non-hydrogen) atoms. The van der Waals surface area contributed by atoms with Gasteiger partial charge in [-0.3, -0.25) is 0 Å². The molecule has 5 heteroatoms. The molecule has 0 aromatic carbocycles. The van der Waals surface area contributed by atoms with Crippen molar-refractivity contribution in [3.05, 3.63) is 18.0 Å². The summed E-state index contributed by atoms with van der Waals surface area (Å²) in [4.78, 5) is 20.3. The molecular formula is C9H13N3O2. The van der Waals surface area contributed by atoms with E-state index in [1.165, 1.54) is 12.4 Å². The first-order valence-corrected chi connectivity index (χ1v) is 4.30. The maximum absolute atomic E-state index is 10.5. The monoisotopic (exact) mass is 195 g/mol. The second-order valence-corrected chi connectivity index (χ2v) is 3.28. The Morgan fingerprint density at radius 1 is 1.43 bits per heavy atom. The van der Waals surface area contributed by atoms with Crippen molar-refractivity contribution in [2.45, 2.75) is 19.9 Å². The lowest BCUT2D eigenvalue weighted by Gasteiger charge is -2.20. The Bertz CT molecular complexity index is 321. The van der Waals surface area contributed by atoms with Gasteiger partial charge in [-0.2, -0.15) is 0 Å². The van der Waals surface area contributed by atoms with Crippen LogP contribution in [0.25, 0.3) is 0 Å². The van der Waals surface area contributed by atoms with Crippen LogP contribution in [0.5, 0.6) is 0 Å². The molecule has 1 N–H and O–H groups in total. The molecule has 0 aliphatic carbocycles. The Hall–Kier alpha value is -1.65. The fourth-order valence-electron chi connectivity index (χ4n) is 0.845. The highest BCUT2D eigenvalue weighted by Crippen LogP contribution is 2.07. The van der Waals surface area contributed by atoms with Crippen molar-refractivity contribution in [3.8, 4) is 0 Å². The molecule has 5 nitrogen and oxygen atoms in total. The molecule has 0 unspecified atom stereocenters. The summed E-state index contributed by atoms with van der Waals surface area (Å²) >= 11 is 0. The summed E-state index contributed by atoms with van der Waals surface area (Å²) in [6, 6.07) is 0.283. The number of hydrogen-bond donors (Lipinski definition) is 1. The van der Waals surface area contributed by atoms with Crippen molar-refractivity contribution in [2.24, 2.45) is 0 Å². The van der Waals surface area contributed by atoms with Crippen LogP contribution >= 0.6 is 0 Å². The molecule has 1 aromatic heterocycles. The summed E-state index contributed by atoms with van der Waals surface area (Å²) in [5, 5.41) is 8.63. The summed E-state index contributed by atoms with van der Waals surface area (Å²) in [7, 11) is 1.86. The van der Waals surface area contributed by atoms with E-state index in [1.54, 1.807) is 0 Å². The van der Waals surface area contributed by atoms with E-state index >= 15 is 0 Å². The predicted molar refractivity (Wildman–Crippen MR) is 52.5 cm³/mol. The number of carboxylic acids is 1. The number of anilines is 1. The number of aromatic nitrogens is 2. The normalized spacial score (nSPS) is 10.3. The zero-order valence-corrected chi connectivity index (χ0v) is 8.43. The predicted octanol–water partition coefficient (Wildman–Crippen LogP) is 1.02. The Balaban J connectivity index is 2.88. The Morgan fingerprint density at radius 3 is 2.29 bits per heavy atom. The van der Waals surface area contributed by atoms with E-state index in [0.717, 1.165) is 0 Å². The molecule has 1 aromatic rings. The van der Waals surface area contributed by atoms with Crippen LogP contribution in [0, 0.1) is 0 Å². The summed E-state index contributed by atoms with van der Waals surface area (Å²) in [5.41, 5.74) is 0.103. The van der Waals surface area contributed by atoms with Gasteiger partial charge in [-0.15, -0.1) is 0 Å². The number of hydrogen-bond acceptors (Lipinski definition) is 4. The largest absolute Gasteiger partial charge is 0.478 e. The van der Waals surface area contributed by atoms with Crippen molar-refractivity contribution in [1.82, 2.24) is 9.97 Å². The number of nitrogens with zero attached hydrogens (tertiary/aromatic N) is 3. The molecule has 0 radical (unpaired) electrons. The van der Waals surface area contributed by atoms with E-state index < -0.39 is 5.97 Å². The van der Waals surface area contributed by atoms with Crippen molar-refractivity contribution in [3.63, 3.8) is 0 Å². The van der Waals surface area contributed by atoms with Crippen molar-refractivity contribution < 1.29 is 9.90 Å². The van der Waals surface area contributed by atoms with Gasteiger partial charge < -0.3 is 10.0 Å². The zero-order chi connectivity index (χ0) is 10.7. The highest BCUT2D eigenvalue weighted by molar-refractivity contribution is 5.86. The number of carbonyl (C=O) groups is 1. The molecule has 1 heterocycles. The third kappa shape index (κ3) is 2.18. The van der Waals surface area contributed by atoms with E-state index in [9.17, 15) is 4.79 Å². The fraction of sp³-hybridized carbons (Fsp3) is 0.444. The molecule has 76 valence electrons.